The van der Waals surface area contributed by atoms with Gasteiger partial charge in [0.2, 0.25) is 5.91 Å². The van der Waals surface area contributed by atoms with Crippen LogP contribution in [-0.4, -0.2) is 35.0 Å². The Hall–Kier alpha value is -1.84. The molecule has 1 N–H and O–H groups in total. The minimum absolute atomic E-state index is 0.0169. The molecular weight excluding hydrogens is 242 g/mol. The van der Waals surface area contributed by atoms with Crippen molar-refractivity contribution in [2.24, 2.45) is 0 Å². The largest absolute Gasteiger partial charge is 0.481 e. The van der Waals surface area contributed by atoms with Gasteiger partial charge in [0.1, 0.15) is 0 Å². The zero-order valence-electron chi connectivity index (χ0n) is 11.3. The molecule has 1 fully saturated rings. The van der Waals surface area contributed by atoms with Gasteiger partial charge in [0.05, 0.1) is 5.41 Å². The monoisotopic (exact) mass is 261 g/mol. The lowest BCUT2D eigenvalue weighted by molar-refractivity contribution is -0.148. The van der Waals surface area contributed by atoms with Crippen LogP contribution in [0, 0.1) is 6.92 Å². The number of rotatable bonds is 2. The highest BCUT2D eigenvalue weighted by molar-refractivity contribution is 5.82. The molecule has 4 heteroatoms. The van der Waals surface area contributed by atoms with E-state index in [-0.39, 0.29) is 5.91 Å². The fraction of sp³-hybridized carbons (Fsp3) is 0.467. The SMILES string of the molecule is CC(=O)N1CCC(C(=O)O)(c2cccc(C)c2)CC1. The number of carboxylic acids is 1. The van der Waals surface area contributed by atoms with Gasteiger partial charge >= 0.3 is 5.97 Å². The Kier molecular flexibility index (Phi) is 3.60. The Balaban J connectivity index is 2.31. The highest BCUT2D eigenvalue weighted by Gasteiger charge is 2.43. The van der Waals surface area contributed by atoms with Crippen molar-refractivity contribution in [2.45, 2.75) is 32.1 Å². The molecule has 0 unspecified atom stereocenters. The number of aryl methyl sites for hydroxylation is 1. The molecule has 1 heterocycles. The Morgan fingerprint density at radius 3 is 2.37 bits per heavy atom. The number of amides is 1. The maximum atomic E-state index is 11.8. The number of aliphatic carboxylic acids is 1. The molecule has 0 spiro atoms. The summed E-state index contributed by atoms with van der Waals surface area (Å²) in [6.45, 7) is 4.51. The number of piperidine rings is 1. The second kappa shape index (κ2) is 5.03. The molecule has 1 aliphatic heterocycles. The topological polar surface area (TPSA) is 57.6 Å². The summed E-state index contributed by atoms with van der Waals surface area (Å²) in [7, 11) is 0. The molecule has 1 aromatic rings. The first-order valence-corrected chi connectivity index (χ1v) is 6.52. The van der Waals surface area contributed by atoms with E-state index in [0.29, 0.717) is 25.9 Å². The number of hydrogen-bond acceptors (Lipinski definition) is 2. The lowest BCUT2D eigenvalue weighted by Crippen LogP contribution is -2.48. The molecule has 1 aromatic carbocycles. The predicted octanol–water partition coefficient (Wildman–Crippen LogP) is 1.96. The summed E-state index contributed by atoms with van der Waals surface area (Å²) in [6.07, 6.45) is 0.955. The standard InChI is InChI=1S/C15H19NO3/c1-11-4-3-5-13(10-11)15(14(18)19)6-8-16(9-7-15)12(2)17/h3-5,10H,6-9H2,1-2H3,(H,18,19). The normalized spacial score (nSPS) is 18.1. The first-order valence-electron chi connectivity index (χ1n) is 6.52. The second-order valence-corrected chi connectivity index (χ2v) is 5.26. The smallest absolute Gasteiger partial charge is 0.314 e. The number of hydrogen-bond donors (Lipinski definition) is 1. The molecule has 0 bridgehead atoms. The fourth-order valence-corrected chi connectivity index (χ4v) is 2.77. The number of nitrogens with zero attached hydrogens (tertiary/aromatic N) is 1. The zero-order chi connectivity index (χ0) is 14.0. The molecule has 19 heavy (non-hydrogen) atoms. The molecule has 1 aliphatic rings. The van der Waals surface area contributed by atoms with Gasteiger partial charge in [0.15, 0.2) is 0 Å². The highest BCUT2D eigenvalue weighted by atomic mass is 16.4. The molecule has 1 amide bonds. The molecule has 0 atom stereocenters. The van der Waals surface area contributed by atoms with Gasteiger partial charge in [-0.15, -0.1) is 0 Å². The van der Waals surface area contributed by atoms with Crippen LogP contribution in [-0.2, 0) is 15.0 Å². The zero-order valence-corrected chi connectivity index (χ0v) is 11.3. The van der Waals surface area contributed by atoms with Gasteiger partial charge in [-0.1, -0.05) is 29.8 Å². The van der Waals surface area contributed by atoms with E-state index in [9.17, 15) is 14.7 Å². The molecule has 0 radical (unpaired) electrons. The van der Waals surface area contributed by atoms with Gasteiger partial charge in [-0.25, -0.2) is 0 Å². The number of carbonyl (C=O) groups excluding carboxylic acids is 1. The summed E-state index contributed by atoms with van der Waals surface area (Å²) in [5, 5.41) is 9.65. The second-order valence-electron chi connectivity index (χ2n) is 5.26. The lowest BCUT2D eigenvalue weighted by atomic mass is 9.72. The van der Waals surface area contributed by atoms with E-state index < -0.39 is 11.4 Å². The van der Waals surface area contributed by atoms with Crippen LogP contribution in [0.1, 0.15) is 30.9 Å². The number of carboxylic acid groups (broad SMARTS) is 1. The summed E-state index contributed by atoms with van der Waals surface area (Å²) < 4.78 is 0. The van der Waals surface area contributed by atoms with Crippen LogP contribution < -0.4 is 0 Å². The van der Waals surface area contributed by atoms with Crippen LogP contribution in [0.5, 0.6) is 0 Å². The van der Waals surface area contributed by atoms with E-state index in [1.165, 1.54) is 6.92 Å². The first kappa shape index (κ1) is 13.6. The van der Waals surface area contributed by atoms with E-state index in [0.717, 1.165) is 11.1 Å². The quantitative estimate of drug-likeness (QED) is 0.885. The molecule has 0 aromatic heterocycles. The van der Waals surface area contributed by atoms with Crippen molar-refractivity contribution in [3.8, 4) is 0 Å². The lowest BCUT2D eigenvalue weighted by Gasteiger charge is -2.39. The molecule has 4 nitrogen and oxygen atoms in total. The Bertz CT molecular complexity index is 502. The Labute approximate surface area is 113 Å². The van der Waals surface area contributed by atoms with Crippen LogP contribution >= 0.6 is 0 Å². The number of likely N-dealkylation sites (tertiary alicyclic amines) is 1. The average molecular weight is 261 g/mol. The van der Waals surface area contributed by atoms with E-state index in [2.05, 4.69) is 0 Å². The minimum atomic E-state index is -0.849. The molecule has 1 saturated heterocycles. The summed E-state index contributed by atoms with van der Waals surface area (Å²) in [6, 6.07) is 7.68. The van der Waals surface area contributed by atoms with Gasteiger partial charge in [-0.3, -0.25) is 9.59 Å². The van der Waals surface area contributed by atoms with Crippen LogP contribution in [0.2, 0.25) is 0 Å². The summed E-state index contributed by atoms with van der Waals surface area (Å²) >= 11 is 0. The van der Waals surface area contributed by atoms with Gasteiger partial charge in [0, 0.05) is 20.0 Å². The minimum Gasteiger partial charge on any atom is -0.481 e. The van der Waals surface area contributed by atoms with Crippen LogP contribution in [0.3, 0.4) is 0 Å². The van der Waals surface area contributed by atoms with Crippen LogP contribution in [0.25, 0.3) is 0 Å². The van der Waals surface area contributed by atoms with Gasteiger partial charge in [0.25, 0.3) is 0 Å². The Morgan fingerprint density at radius 1 is 1.26 bits per heavy atom. The van der Waals surface area contributed by atoms with Crippen LogP contribution in [0.4, 0.5) is 0 Å². The van der Waals surface area contributed by atoms with Gasteiger partial charge in [-0.2, -0.15) is 0 Å². The first-order chi connectivity index (χ1) is 8.95. The molecular formula is C15H19NO3. The summed E-state index contributed by atoms with van der Waals surface area (Å²) in [5.41, 5.74) is 1.06. The molecule has 0 aliphatic carbocycles. The third-order valence-corrected chi connectivity index (χ3v) is 4.04. The maximum absolute atomic E-state index is 11.8. The summed E-state index contributed by atoms with van der Waals surface area (Å²) in [4.78, 5) is 24.8. The van der Waals surface area contributed by atoms with E-state index in [4.69, 9.17) is 0 Å². The van der Waals surface area contributed by atoms with Gasteiger partial charge < -0.3 is 10.0 Å². The van der Waals surface area contributed by atoms with E-state index in [1.54, 1.807) is 4.90 Å². The van der Waals surface area contributed by atoms with Crippen molar-refractivity contribution in [1.29, 1.82) is 0 Å². The molecule has 102 valence electrons. The van der Waals surface area contributed by atoms with Crippen molar-refractivity contribution in [3.63, 3.8) is 0 Å². The number of benzene rings is 1. The van der Waals surface area contributed by atoms with E-state index >= 15 is 0 Å². The molecule has 2 rings (SSSR count). The number of carbonyl (C=O) groups is 2. The van der Waals surface area contributed by atoms with Crippen molar-refractivity contribution >= 4 is 11.9 Å². The van der Waals surface area contributed by atoms with Crippen molar-refractivity contribution < 1.29 is 14.7 Å². The summed E-state index contributed by atoms with van der Waals surface area (Å²) in [5.74, 6) is -0.774. The fourth-order valence-electron chi connectivity index (χ4n) is 2.77. The van der Waals surface area contributed by atoms with Crippen LogP contribution in [0.15, 0.2) is 24.3 Å². The maximum Gasteiger partial charge on any atom is 0.314 e. The van der Waals surface area contributed by atoms with E-state index in [1.807, 2.05) is 31.2 Å². The highest BCUT2D eigenvalue weighted by Crippen LogP contribution is 2.36. The molecule has 0 saturated carbocycles. The van der Waals surface area contributed by atoms with Crippen molar-refractivity contribution in [1.82, 2.24) is 4.90 Å². The Morgan fingerprint density at radius 2 is 1.89 bits per heavy atom. The average Bonchev–Trinajstić information content (AvgIpc) is 2.38. The van der Waals surface area contributed by atoms with Gasteiger partial charge in [-0.05, 0) is 25.3 Å². The predicted molar refractivity (Wildman–Crippen MR) is 72.0 cm³/mol. The van der Waals surface area contributed by atoms with Crippen molar-refractivity contribution in [2.75, 3.05) is 13.1 Å². The third-order valence-electron chi connectivity index (χ3n) is 4.04. The third kappa shape index (κ3) is 2.48. The van der Waals surface area contributed by atoms with Crippen molar-refractivity contribution in [3.05, 3.63) is 35.4 Å².